The first-order valence-corrected chi connectivity index (χ1v) is 9.19. The molecule has 3 heteroatoms. The summed E-state index contributed by atoms with van der Waals surface area (Å²) in [5.41, 5.74) is 2.68. The molecule has 0 fully saturated rings. The number of hydrogen-bond acceptors (Lipinski definition) is 2. The molecule has 1 heterocycles. The second-order valence-electron chi connectivity index (χ2n) is 7.22. The number of para-hydroxylation sites is 2. The van der Waals surface area contributed by atoms with Crippen molar-refractivity contribution in [2.24, 2.45) is 0 Å². The van der Waals surface area contributed by atoms with Crippen molar-refractivity contribution in [1.82, 2.24) is 0 Å². The van der Waals surface area contributed by atoms with Crippen LogP contribution in [0.2, 0.25) is 0 Å². The summed E-state index contributed by atoms with van der Waals surface area (Å²) in [5, 5.41) is 0. The molecule has 0 N–H and O–H groups in total. The van der Waals surface area contributed by atoms with Crippen LogP contribution in [0.25, 0.3) is 0 Å². The van der Waals surface area contributed by atoms with Crippen molar-refractivity contribution in [3.63, 3.8) is 0 Å². The Morgan fingerprint density at radius 1 is 0.870 bits per heavy atom. The van der Waals surface area contributed by atoms with Crippen molar-refractivity contribution in [3.05, 3.63) is 48.5 Å². The molecule has 23 heavy (non-hydrogen) atoms. The molecule has 122 valence electrons. The number of likely N-dealkylation sites (N-methyl/N-ethyl adjacent to an activating group) is 1. The second kappa shape index (κ2) is 6.21. The molecule has 0 bridgehead atoms. The van der Waals surface area contributed by atoms with Gasteiger partial charge in [0.2, 0.25) is 0 Å². The van der Waals surface area contributed by atoms with Gasteiger partial charge in [-0.05, 0) is 45.0 Å². The third-order valence-electron chi connectivity index (χ3n) is 5.45. The fourth-order valence-electron chi connectivity index (χ4n) is 2.96. The normalized spacial score (nSPS) is 15.3. The SMILES string of the molecule is CC(C)[N+](C)(C)C(C)CN1c2ccccc2Sc2ccccc21. The molecule has 0 amide bonds. The van der Waals surface area contributed by atoms with Crippen LogP contribution in [0.1, 0.15) is 20.8 Å². The first-order chi connectivity index (χ1) is 10.9. The van der Waals surface area contributed by atoms with E-state index in [1.807, 2.05) is 11.8 Å². The Morgan fingerprint density at radius 3 is 1.83 bits per heavy atom. The fourth-order valence-corrected chi connectivity index (χ4v) is 4.06. The fraction of sp³-hybridized carbons (Fsp3) is 0.400. The molecule has 0 spiro atoms. The Kier molecular flexibility index (Phi) is 4.43. The lowest BCUT2D eigenvalue weighted by Crippen LogP contribution is -2.55. The Hall–Kier alpha value is -1.45. The Labute approximate surface area is 144 Å². The molecule has 3 rings (SSSR count). The van der Waals surface area contributed by atoms with Gasteiger partial charge in [0, 0.05) is 9.79 Å². The zero-order chi connectivity index (χ0) is 16.6. The van der Waals surface area contributed by atoms with Crippen LogP contribution < -0.4 is 4.90 Å². The van der Waals surface area contributed by atoms with Gasteiger partial charge in [0.25, 0.3) is 0 Å². The molecule has 1 unspecified atom stereocenters. The van der Waals surface area contributed by atoms with E-state index in [1.165, 1.54) is 21.2 Å². The van der Waals surface area contributed by atoms with E-state index in [2.05, 4.69) is 88.3 Å². The summed E-state index contributed by atoms with van der Waals surface area (Å²) >= 11 is 1.88. The molecular formula is C20H27N2S+. The highest BCUT2D eigenvalue weighted by Gasteiger charge is 2.32. The van der Waals surface area contributed by atoms with E-state index in [0.717, 1.165) is 11.0 Å². The minimum atomic E-state index is 0.541. The summed E-state index contributed by atoms with van der Waals surface area (Å²) in [6, 6.07) is 18.7. The van der Waals surface area contributed by atoms with Gasteiger partial charge in [-0.2, -0.15) is 0 Å². The topological polar surface area (TPSA) is 3.24 Å². The minimum absolute atomic E-state index is 0.541. The zero-order valence-electron chi connectivity index (χ0n) is 14.8. The monoisotopic (exact) mass is 327 g/mol. The predicted octanol–water partition coefficient (Wildman–Crippen LogP) is 5.16. The van der Waals surface area contributed by atoms with E-state index in [-0.39, 0.29) is 0 Å². The Bertz CT molecular complexity index is 648. The Morgan fingerprint density at radius 2 is 1.35 bits per heavy atom. The van der Waals surface area contributed by atoms with Gasteiger partial charge in [-0.15, -0.1) is 0 Å². The number of anilines is 2. The first-order valence-electron chi connectivity index (χ1n) is 8.38. The quantitative estimate of drug-likeness (QED) is 0.713. The maximum Gasteiger partial charge on any atom is 0.104 e. The highest BCUT2D eigenvalue weighted by atomic mass is 32.2. The Balaban J connectivity index is 1.99. The number of nitrogens with zero attached hydrogens (tertiary/aromatic N) is 2. The van der Waals surface area contributed by atoms with Gasteiger partial charge in [-0.3, -0.25) is 0 Å². The van der Waals surface area contributed by atoms with E-state index in [9.17, 15) is 0 Å². The molecule has 2 aromatic carbocycles. The summed E-state index contributed by atoms with van der Waals surface area (Å²) < 4.78 is 1.02. The van der Waals surface area contributed by atoms with Crippen LogP contribution in [0, 0.1) is 0 Å². The third-order valence-corrected chi connectivity index (χ3v) is 6.58. The molecule has 2 aromatic rings. The van der Waals surface area contributed by atoms with Crippen molar-refractivity contribution in [2.75, 3.05) is 25.5 Å². The minimum Gasteiger partial charge on any atom is -0.334 e. The highest BCUT2D eigenvalue weighted by Crippen LogP contribution is 2.48. The molecule has 1 atom stereocenters. The van der Waals surface area contributed by atoms with Gasteiger partial charge < -0.3 is 9.38 Å². The number of fused-ring (bicyclic) bond motifs is 2. The van der Waals surface area contributed by atoms with Crippen LogP contribution in [0.3, 0.4) is 0 Å². The molecule has 0 aliphatic carbocycles. The standard InChI is InChI=1S/C20H27N2S/c1-15(2)22(4,5)16(3)14-21-17-10-6-8-12-19(17)23-20-13-9-7-11-18(20)21/h6-13,15-16H,14H2,1-5H3/q+1. The lowest BCUT2D eigenvalue weighted by atomic mass is 10.1. The van der Waals surface area contributed by atoms with Crippen molar-refractivity contribution < 1.29 is 4.48 Å². The van der Waals surface area contributed by atoms with Crippen molar-refractivity contribution in [2.45, 2.75) is 42.6 Å². The molecule has 1 aliphatic heterocycles. The summed E-state index contributed by atoms with van der Waals surface area (Å²) in [6.07, 6.45) is 0. The smallest absolute Gasteiger partial charge is 0.104 e. The summed E-state index contributed by atoms with van der Waals surface area (Å²) in [6.45, 7) is 8.02. The van der Waals surface area contributed by atoms with Crippen LogP contribution >= 0.6 is 11.8 Å². The molecule has 0 radical (unpaired) electrons. The van der Waals surface area contributed by atoms with E-state index < -0.39 is 0 Å². The van der Waals surface area contributed by atoms with Crippen molar-refractivity contribution in [1.29, 1.82) is 0 Å². The van der Waals surface area contributed by atoms with Crippen LogP contribution in [0.5, 0.6) is 0 Å². The van der Waals surface area contributed by atoms with Crippen molar-refractivity contribution in [3.8, 4) is 0 Å². The van der Waals surface area contributed by atoms with Gasteiger partial charge in [0.15, 0.2) is 0 Å². The van der Waals surface area contributed by atoms with E-state index >= 15 is 0 Å². The number of hydrogen-bond donors (Lipinski definition) is 0. The summed E-state index contributed by atoms with van der Waals surface area (Å²) in [7, 11) is 4.68. The average molecular weight is 328 g/mol. The molecule has 0 aromatic heterocycles. The highest BCUT2D eigenvalue weighted by molar-refractivity contribution is 7.99. The maximum atomic E-state index is 2.51. The number of benzene rings is 2. The van der Waals surface area contributed by atoms with E-state index in [0.29, 0.717) is 12.1 Å². The van der Waals surface area contributed by atoms with Gasteiger partial charge in [0.05, 0.1) is 38.1 Å². The van der Waals surface area contributed by atoms with Gasteiger partial charge in [-0.25, -0.2) is 0 Å². The second-order valence-corrected chi connectivity index (χ2v) is 8.30. The van der Waals surface area contributed by atoms with Gasteiger partial charge in [-0.1, -0.05) is 36.0 Å². The number of rotatable bonds is 4. The molecule has 1 aliphatic rings. The molecule has 0 saturated heterocycles. The lowest BCUT2D eigenvalue weighted by Gasteiger charge is -2.43. The lowest BCUT2D eigenvalue weighted by molar-refractivity contribution is -0.931. The molecule has 0 saturated carbocycles. The summed E-state index contributed by atoms with van der Waals surface area (Å²) in [5.74, 6) is 0. The first kappa shape index (κ1) is 16.4. The van der Waals surface area contributed by atoms with E-state index in [4.69, 9.17) is 0 Å². The molecular weight excluding hydrogens is 300 g/mol. The summed E-state index contributed by atoms with van der Waals surface area (Å²) in [4.78, 5) is 5.22. The van der Waals surface area contributed by atoms with Crippen LogP contribution in [0.15, 0.2) is 58.3 Å². The largest absolute Gasteiger partial charge is 0.334 e. The number of quaternary nitrogens is 1. The average Bonchev–Trinajstić information content (AvgIpc) is 2.54. The molecule has 2 nitrogen and oxygen atoms in total. The van der Waals surface area contributed by atoms with Gasteiger partial charge in [0.1, 0.15) is 6.04 Å². The van der Waals surface area contributed by atoms with E-state index in [1.54, 1.807) is 0 Å². The zero-order valence-corrected chi connectivity index (χ0v) is 15.6. The van der Waals surface area contributed by atoms with Crippen molar-refractivity contribution >= 4 is 23.1 Å². The van der Waals surface area contributed by atoms with Crippen LogP contribution in [-0.4, -0.2) is 37.2 Å². The van der Waals surface area contributed by atoms with Crippen LogP contribution in [-0.2, 0) is 0 Å². The van der Waals surface area contributed by atoms with Gasteiger partial charge >= 0.3 is 0 Å². The van der Waals surface area contributed by atoms with Crippen LogP contribution in [0.4, 0.5) is 11.4 Å². The third kappa shape index (κ3) is 3.00. The predicted molar refractivity (Wildman–Crippen MR) is 101 cm³/mol. The maximum absolute atomic E-state index is 2.51.